The summed E-state index contributed by atoms with van der Waals surface area (Å²) in [5.41, 5.74) is -3.48. The Labute approximate surface area is 126 Å². The first-order chi connectivity index (χ1) is 9.11. The van der Waals surface area contributed by atoms with Crippen molar-refractivity contribution < 1.29 is 23.1 Å². The van der Waals surface area contributed by atoms with Crippen molar-refractivity contribution in [2.75, 3.05) is 9.74 Å². The first kappa shape index (κ1) is 16.7. The highest BCUT2D eigenvalue weighted by Crippen LogP contribution is 2.33. The average Bonchev–Trinajstić information content (AvgIpc) is 2.37. The number of nitrogens with one attached hydrogen (secondary N) is 1. The zero-order valence-corrected chi connectivity index (χ0v) is 12.4. The van der Waals surface area contributed by atoms with E-state index in [0.717, 1.165) is 6.07 Å². The van der Waals surface area contributed by atoms with Gasteiger partial charge >= 0.3 is 6.18 Å². The number of anilines is 1. The number of halogens is 4. The molecule has 4 nitrogen and oxygen atoms in total. The van der Waals surface area contributed by atoms with Crippen molar-refractivity contribution in [3.8, 4) is 6.07 Å². The van der Waals surface area contributed by atoms with Crippen molar-refractivity contribution >= 4 is 34.2 Å². The number of hydrogen-bond acceptors (Lipinski definition) is 3. The maximum absolute atomic E-state index is 12.7. The van der Waals surface area contributed by atoms with Gasteiger partial charge in [-0.05, 0) is 25.1 Å². The molecule has 0 radical (unpaired) electrons. The zero-order valence-electron chi connectivity index (χ0n) is 10.3. The van der Waals surface area contributed by atoms with E-state index in [2.05, 4.69) is 5.32 Å². The van der Waals surface area contributed by atoms with Crippen LogP contribution in [0.25, 0.3) is 0 Å². The summed E-state index contributed by atoms with van der Waals surface area (Å²) in [5.74, 6) is -0.815. The molecule has 1 rings (SSSR count). The molecule has 0 saturated heterocycles. The molecule has 1 aromatic carbocycles. The van der Waals surface area contributed by atoms with Gasteiger partial charge in [0, 0.05) is 10.1 Å². The number of alkyl halides is 4. The lowest BCUT2D eigenvalue weighted by Gasteiger charge is -2.20. The number of amides is 1. The smallest absolute Gasteiger partial charge is 0.379 e. The second kappa shape index (κ2) is 5.97. The number of aliphatic hydroxyl groups is 1. The van der Waals surface area contributed by atoms with Crippen molar-refractivity contribution in [2.24, 2.45) is 0 Å². The zero-order chi connectivity index (χ0) is 15.6. The molecule has 0 fully saturated rings. The Balaban J connectivity index is 3.12. The van der Waals surface area contributed by atoms with Crippen LogP contribution >= 0.6 is 22.6 Å². The van der Waals surface area contributed by atoms with E-state index in [-0.39, 0.29) is 10.1 Å². The number of carbonyl (C=O) groups is 1. The van der Waals surface area contributed by atoms with Crippen LogP contribution in [0.1, 0.15) is 18.1 Å². The lowest BCUT2D eigenvalue weighted by molar-refractivity contribution is -0.137. The SMILES string of the molecule is C[C@](O)(CI)C(=O)Nc1ccc(C#N)c(C(F)(F)F)c1. The van der Waals surface area contributed by atoms with Crippen molar-refractivity contribution in [1.82, 2.24) is 0 Å². The quantitative estimate of drug-likeness (QED) is 0.608. The molecule has 1 aromatic rings. The fourth-order valence-corrected chi connectivity index (χ4v) is 1.63. The number of carbonyl (C=O) groups excluding carboxylic acids is 1. The minimum Gasteiger partial charge on any atom is -0.379 e. The summed E-state index contributed by atoms with van der Waals surface area (Å²) >= 11 is 1.79. The predicted molar refractivity (Wildman–Crippen MR) is 74.3 cm³/mol. The molecule has 0 aliphatic carbocycles. The molecule has 0 aliphatic heterocycles. The van der Waals surface area contributed by atoms with Gasteiger partial charge in [-0.25, -0.2) is 0 Å². The van der Waals surface area contributed by atoms with E-state index in [1.165, 1.54) is 19.1 Å². The van der Waals surface area contributed by atoms with Crippen molar-refractivity contribution in [3.05, 3.63) is 29.3 Å². The summed E-state index contributed by atoms with van der Waals surface area (Å²) < 4.78 is 38.3. The maximum Gasteiger partial charge on any atom is 0.417 e. The Morgan fingerprint density at radius 3 is 2.55 bits per heavy atom. The molecule has 0 heterocycles. The Kier molecular flexibility index (Phi) is 4.99. The van der Waals surface area contributed by atoms with Crippen LogP contribution in [0.3, 0.4) is 0 Å². The molecule has 0 unspecified atom stereocenters. The summed E-state index contributed by atoms with van der Waals surface area (Å²) in [7, 11) is 0. The fraction of sp³-hybridized carbons (Fsp3) is 0.333. The Bertz CT molecular complexity index is 565. The lowest BCUT2D eigenvalue weighted by Crippen LogP contribution is -2.41. The van der Waals surface area contributed by atoms with E-state index in [1.807, 2.05) is 0 Å². The minimum atomic E-state index is -4.70. The number of benzene rings is 1. The predicted octanol–water partition coefficient (Wildman–Crippen LogP) is 2.70. The highest BCUT2D eigenvalue weighted by atomic mass is 127. The summed E-state index contributed by atoms with van der Waals surface area (Å²) in [6, 6.07) is 4.25. The van der Waals surface area contributed by atoms with Crippen molar-refractivity contribution in [2.45, 2.75) is 18.7 Å². The molecule has 1 atom stereocenters. The second-order valence-electron chi connectivity index (χ2n) is 4.23. The van der Waals surface area contributed by atoms with Gasteiger partial charge in [-0.1, -0.05) is 22.6 Å². The molecule has 0 spiro atoms. The van der Waals surface area contributed by atoms with Crippen molar-refractivity contribution in [3.63, 3.8) is 0 Å². The van der Waals surface area contributed by atoms with Gasteiger partial charge in [0.05, 0.1) is 17.2 Å². The largest absolute Gasteiger partial charge is 0.417 e. The molecule has 2 N–H and O–H groups in total. The summed E-state index contributed by atoms with van der Waals surface area (Å²) in [6.07, 6.45) is -4.70. The van der Waals surface area contributed by atoms with Gasteiger partial charge in [0.15, 0.2) is 0 Å². The first-order valence-electron chi connectivity index (χ1n) is 5.33. The molecule has 0 saturated carbocycles. The Morgan fingerprint density at radius 1 is 1.50 bits per heavy atom. The van der Waals surface area contributed by atoms with E-state index in [9.17, 15) is 23.1 Å². The van der Waals surface area contributed by atoms with E-state index in [4.69, 9.17) is 5.26 Å². The molecule has 0 bridgehead atoms. The third kappa shape index (κ3) is 3.83. The van der Waals surface area contributed by atoms with Crippen LogP contribution in [0.15, 0.2) is 18.2 Å². The van der Waals surface area contributed by atoms with E-state index in [1.54, 1.807) is 22.6 Å². The van der Waals surface area contributed by atoms with Gasteiger partial charge in [-0.15, -0.1) is 0 Å². The average molecular weight is 398 g/mol. The van der Waals surface area contributed by atoms with Gasteiger partial charge in [-0.2, -0.15) is 18.4 Å². The normalized spacial score (nSPS) is 14.2. The first-order valence-corrected chi connectivity index (χ1v) is 6.85. The second-order valence-corrected chi connectivity index (χ2v) is 4.99. The standard InChI is InChI=1S/C12H10F3IN2O2/c1-11(20,6-16)10(19)18-8-3-2-7(5-17)9(4-8)12(13,14)15/h2-4,20H,6H2,1H3,(H,18,19)/t11-/m0/s1. The highest BCUT2D eigenvalue weighted by Gasteiger charge is 2.34. The van der Waals surface area contributed by atoms with Gasteiger partial charge in [0.2, 0.25) is 0 Å². The number of nitriles is 1. The molecule has 8 heteroatoms. The summed E-state index contributed by atoms with van der Waals surface area (Å²) in [4.78, 5) is 11.7. The molecule has 20 heavy (non-hydrogen) atoms. The highest BCUT2D eigenvalue weighted by molar-refractivity contribution is 14.1. The summed E-state index contributed by atoms with van der Waals surface area (Å²) in [5, 5.41) is 20.5. The van der Waals surface area contributed by atoms with Crippen LogP contribution in [0, 0.1) is 11.3 Å². The van der Waals surface area contributed by atoms with Crippen LogP contribution in [0.2, 0.25) is 0 Å². The Hall–Kier alpha value is -1.34. The Morgan fingerprint density at radius 2 is 2.10 bits per heavy atom. The maximum atomic E-state index is 12.7. The van der Waals surface area contributed by atoms with Crippen LogP contribution in [0.4, 0.5) is 18.9 Å². The van der Waals surface area contributed by atoms with Gasteiger partial charge < -0.3 is 10.4 Å². The molecule has 108 valence electrons. The third-order valence-corrected chi connectivity index (χ3v) is 3.94. The van der Waals surface area contributed by atoms with E-state index >= 15 is 0 Å². The monoisotopic (exact) mass is 398 g/mol. The van der Waals surface area contributed by atoms with Crippen molar-refractivity contribution in [1.29, 1.82) is 5.26 Å². The minimum absolute atomic E-state index is 0.0823. The molecular weight excluding hydrogens is 388 g/mol. The number of nitrogens with zero attached hydrogens (tertiary/aromatic N) is 1. The van der Waals surface area contributed by atoms with E-state index < -0.39 is 28.8 Å². The molecular formula is C12H10F3IN2O2. The fourth-order valence-electron chi connectivity index (χ4n) is 1.28. The van der Waals surface area contributed by atoms with Crippen LogP contribution < -0.4 is 5.32 Å². The third-order valence-electron chi connectivity index (χ3n) is 2.45. The van der Waals surface area contributed by atoms with Crippen LogP contribution in [-0.4, -0.2) is 21.0 Å². The van der Waals surface area contributed by atoms with Gasteiger partial charge in [0.1, 0.15) is 5.60 Å². The van der Waals surface area contributed by atoms with Crippen LogP contribution in [-0.2, 0) is 11.0 Å². The van der Waals surface area contributed by atoms with E-state index in [0.29, 0.717) is 6.07 Å². The molecule has 0 aliphatic rings. The van der Waals surface area contributed by atoms with Gasteiger partial charge in [0.25, 0.3) is 5.91 Å². The topological polar surface area (TPSA) is 73.1 Å². The molecule has 0 aromatic heterocycles. The van der Waals surface area contributed by atoms with Gasteiger partial charge in [-0.3, -0.25) is 4.79 Å². The summed E-state index contributed by atoms with van der Waals surface area (Å²) in [6.45, 7) is 1.25. The van der Waals surface area contributed by atoms with Crippen LogP contribution in [0.5, 0.6) is 0 Å². The number of rotatable bonds is 3. The lowest BCUT2D eigenvalue weighted by atomic mass is 10.1. The molecule has 1 amide bonds. The number of hydrogen-bond donors (Lipinski definition) is 2.